The molecule has 0 bridgehead atoms. The molecule has 0 aliphatic heterocycles. The highest BCUT2D eigenvalue weighted by Gasteiger charge is 2.19. The lowest BCUT2D eigenvalue weighted by molar-refractivity contribution is 0.600. The van der Waals surface area contributed by atoms with Crippen LogP contribution in [0.3, 0.4) is 0 Å². The molecule has 0 fully saturated rings. The van der Waals surface area contributed by atoms with Crippen LogP contribution in [0.4, 0.5) is 0 Å². The van der Waals surface area contributed by atoms with E-state index in [1.54, 1.807) is 11.3 Å². The minimum Gasteiger partial charge on any atom is -0.304 e. The first-order valence-corrected chi connectivity index (χ1v) is 8.25. The van der Waals surface area contributed by atoms with E-state index >= 15 is 0 Å². The Morgan fingerprint density at radius 3 is 2.95 bits per heavy atom. The van der Waals surface area contributed by atoms with Gasteiger partial charge in [0.05, 0.1) is 6.04 Å². The van der Waals surface area contributed by atoms with E-state index < -0.39 is 0 Å². The Bertz CT molecular complexity index is 643. The summed E-state index contributed by atoms with van der Waals surface area (Å²) in [7, 11) is 0. The number of nitrogens with zero attached hydrogens (tertiary/aromatic N) is 1. The summed E-state index contributed by atoms with van der Waals surface area (Å²) in [5, 5.41) is 10.4. The second-order valence-corrected chi connectivity index (χ2v) is 6.28. The van der Waals surface area contributed by atoms with Gasteiger partial charge in [0.1, 0.15) is 5.01 Å². The van der Waals surface area contributed by atoms with E-state index in [0.29, 0.717) is 0 Å². The highest BCUT2D eigenvalue weighted by molar-refractivity contribution is 7.17. The average molecular weight is 288 g/mol. The molecule has 19 heavy (non-hydrogen) atoms. The molecule has 0 spiro atoms. The highest BCUT2D eigenvalue weighted by atomic mass is 32.1. The molecular formula is C15H16N2S2. The first-order chi connectivity index (χ1) is 9.40. The van der Waals surface area contributed by atoms with E-state index in [1.807, 2.05) is 22.9 Å². The van der Waals surface area contributed by atoms with Crippen LogP contribution in [-0.2, 0) is 0 Å². The molecule has 0 saturated carbocycles. The van der Waals surface area contributed by atoms with Crippen LogP contribution in [0.5, 0.6) is 0 Å². The fourth-order valence-corrected chi connectivity index (χ4v) is 3.93. The van der Waals surface area contributed by atoms with Crippen molar-refractivity contribution in [1.29, 1.82) is 0 Å². The predicted molar refractivity (Wildman–Crippen MR) is 84.1 cm³/mol. The third-order valence-corrected chi connectivity index (χ3v) is 4.94. The zero-order chi connectivity index (χ0) is 13.1. The zero-order valence-electron chi connectivity index (χ0n) is 10.8. The van der Waals surface area contributed by atoms with Crippen molar-refractivity contribution in [2.24, 2.45) is 0 Å². The minimum absolute atomic E-state index is 0.219. The van der Waals surface area contributed by atoms with Crippen molar-refractivity contribution in [2.45, 2.75) is 19.4 Å². The van der Waals surface area contributed by atoms with Gasteiger partial charge in [0.25, 0.3) is 0 Å². The van der Waals surface area contributed by atoms with Gasteiger partial charge in [-0.15, -0.1) is 22.7 Å². The van der Waals surface area contributed by atoms with Gasteiger partial charge < -0.3 is 5.32 Å². The van der Waals surface area contributed by atoms with Gasteiger partial charge in [-0.05, 0) is 35.4 Å². The van der Waals surface area contributed by atoms with Crippen LogP contribution in [0, 0.1) is 0 Å². The summed E-state index contributed by atoms with van der Waals surface area (Å²) in [6.45, 7) is 3.20. The fourth-order valence-electron chi connectivity index (χ4n) is 2.22. The maximum Gasteiger partial charge on any atom is 0.114 e. The number of rotatable bonds is 5. The fraction of sp³-hybridized carbons (Fsp3) is 0.267. The van der Waals surface area contributed by atoms with Crippen LogP contribution < -0.4 is 5.32 Å². The largest absolute Gasteiger partial charge is 0.304 e. The normalized spacial score (nSPS) is 12.9. The molecule has 0 saturated heterocycles. The van der Waals surface area contributed by atoms with Crippen molar-refractivity contribution in [3.05, 3.63) is 51.8 Å². The van der Waals surface area contributed by atoms with Gasteiger partial charge in [0.2, 0.25) is 0 Å². The van der Waals surface area contributed by atoms with E-state index in [2.05, 4.69) is 46.9 Å². The molecule has 4 heteroatoms. The monoisotopic (exact) mass is 288 g/mol. The molecule has 0 aliphatic carbocycles. The smallest absolute Gasteiger partial charge is 0.114 e. The Labute approximate surface area is 121 Å². The molecule has 1 atom stereocenters. The Morgan fingerprint density at radius 2 is 2.16 bits per heavy atom. The Morgan fingerprint density at radius 1 is 1.26 bits per heavy atom. The summed E-state index contributed by atoms with van der Waals surface area (Å²) in [6, 6.07) is 8.81. The lowest BCUT2D eigenvalue weighted by Crippen LogP contribution is -2.22. The molecule has 1 N–H and O–H groups in total. The van der Waals surface area contributed by atoms with Crippen LogP contribution >= 0.6 is 22.7 Å². The lowest BCUT2D eigenvalue weighted by atomic mass is 10.1. The standard InChI is InChI=1S/C15H16N2S2/c1-2-7-16-14(15-17-8-9-18-15)12-10-19-13-6-4-3-5-11(12)13/h3-6,8-10,14,16H,2,7H2,1H3. The molecule has 1 unspecified atom stereocenters. The van der Waals surface area contributed by atoms with Gasteiger partial charge in [-0.2, -0.15) is 0 Å². The van der Waals surface area contributed by atoms with Gasteiger partial charge >= 0.3 is 0 Å². The summed E-state index contributed by atoms with van der Waals surface area (Å²) in [4.78, 5) is 4.49. The molecule has 0 radical (unpaired) electrons. The topological polar surface area (TPSA) is 24.9 Å². The number of thiazole rings is 1. The van der Waals surface area contributed by atoms with Gasteiger partial charge in [-0.25, -0.2) is 4.98 Å². The number of nitrogens with one attached hydrogen (secondary N) is 1. The van der Waals surface area contributed by atoms with Crippen molar-refractivity contribution in [1.82, 2.24) is 10.3 Å². The van der Waals surface area contributed by atoms with Crippen LogP contribution in [0.2, 0.25) is 0 Å². The second-order valence-electron chi connectivity index (χ2n) is 4.44. The maximum absolute atomic E-state index is 4.49. The van der Waals surface area contributed by atoms with E-state index in [4.69, 9.17) is 0 Å². The number of aromatic nitrogens is 1. The minimum atomic E-state index is 0.219. The zero-order valence-corrected chi connectivity index (χ0v) is 12.4. The summed E-state index contributed by atoms with van der Waals surface area (Å²) >= 11 is 3.53. The molecule has 3 aromatic rings. The van der Waals surface area contributed by atoms with Crippen LogP contribution in [0.15, 0.2) is 41.2 Å². The average Bonchev–Trinajstić information content (AvgIpc) is 3.09. The van der Waals surface area contributed by atoms with E-state index in [1.165, 1.54) is 15.6 Å². The van der Waals surface area contributed by atoms with E-state index in [0.717, 1.165) is 18.0 Å². The van der Waals surface area contributed by atoms with Crippen molar-refractivity contribution >= 4 is 32.8 Å². The number of hydrogen-bond donors (Lipinski definition) is 1. The molecule has 3 rings (SSSR count). The number of fused-ring (bicyclic) bond motifs is 1. The summed E-state index contributed by atoms with van der Waals surface area (Å²) < 4.78 is 1.34. The molecule has 2 aromatic heterocycles. The number of hydrogen-bond acceptors (Lipinski definition) is 4. The molecule has 0 amide bonds. The van der Waals surface area contributed by atoms with Crippen molar-refractivity contribution in [2.75, 3.05) is 6.54 Å². The summed E-state index contributed by atoms with van der Waals surface area (Å²) in [6.07, 6.45) is 3.01. The summed E-state index contributed by atoms with van der Waals surface area (Å²) in [5.41, 5.74) is 1.35. The first kappa shape index (κ1) is 12.8. The highest BCUT2D eigenvalue weighted by Crippen LogP contribution is 2.34. The van der Waals surface area contributed by atoms with Gasteiger partial charge in [-0.3, -0.25) is 0 Å². The molecule has 2 nitrogen and oxygen atoms in total. The van der Waals surface area contributed by atoms with Crippen molar-refractivity contribution in [3.63, 3.8) is 0 Å². The third kappa shape index (κ3) is 2.56. The maximum atomic E-state index is 4.49. The quantitative estimate of drug-likeness (QED) is 0.750. The van der Waals surface area contributed by atoms with E-state index in [9.17, 15) is 0 Å². The predicted octanol–water partition coefficient (Wildman–Crippen LogP) is 4.45. The Hall–Kier alpha value is -1.23. The molecule has 2 heterocycles. The molecule has 98 valence electrons. The van der Waals surface area contributed by atoms with Gasteiger partial charge in [0, 0.05) is 16.3 Å². The molecule has 1 aromatic carbocycles. The van der Waals surface area contributed by atoms with Crippen LogP contribution in [0.25, 0.3) is 10.1 Å². The van der Waals surface area contributed by atoms with Crippen LogP contribution in [-0.4, -0.2) is 11.5 Å². The van der Waals surface area contributed by atoms with Crippen molar-refractivity contribution < 1.29 is 0 Å². The number of thiophene rings is 1. The summed E-state index contributed by atoms with van der Waals surface area (Å²) in [5.74, 6) is 0. The first-order valence-electron chi connectivity index (χ1n) is 6.49. The third-order valence-electron chi connectivity index (χ3n) is 3.12. The molecular weight excluding hydrogens is 272 g/mol. The van der Waals surface area contributed by atoms with Crippen molar-refractivity contribution in [3.8, 4) is 0 Å². The van der Waals surface area contributed by atoms with E-state index in [-0.39, 0.29) is 6.04 Å². The lowest BCUT2D eigenvalue weighted by Gasteiger charge is -2.15. The van der Waals surface area contributed by atoms with Gasteiger partial charge in [-0.1, -0.05) is 25.1 Å². The number of benzene rings is 1. The molecule has 0 aliphatic rings. The Balaban J connectivity index is 2.03. The van der Waals surface area contributed by atoms with Gasteiger partial charge in [0.15, 0.2) is 0 Å². The van der Waals surface area contributed by atoms with Crippen LogP contribution in [0.1, 0.15) is 30.0 Å². The SMILES string of the molecule is CCCNC(c1nccs1)c1csc2ccccc12. The Kier molecular flexibility index (Phi) is 3.92. The second kappa shape index (κ2) is 5.82.